The molecule has 0 aromatic heterocycles. The molecule has 14 heavy (non-hydrogen) atoms. The molecule has 0 saturated carbocycles. The van der Waals surface area contributed by atoms with Crippen molar-refractivity contribution in [3.8, 4) is 5.75 Å². The van der Waals surface area contributed by atoms with Crippen LogP contribution in [-0.2, 0) is 4.79 Å². The van der Waals surface area contributed by atoms with E-state index < -0.39 is 11.8 Å². The number of aryl methyl sites for hydroxylation is 1. The van der Waals surface area contributed by atoms with Crippen molar-refractivity contribution in [3.63, 3.8) is 0 Å². The summed E-state index contributed by atoms with van der Waals surface area (Å²) in [5, 5.41) is 0.534. The Hall–Kier alpha value is -1.35. The molecule has 0 radical (unpaired) electrons. The first-order valence-corrected chi connectivity index (χ1v) is 4.46. The van der Waals surface area contributed by atoms with E-state index in [4.69, 9.17) is 16.3 Å². The maximum absolute atomic E-state index is 11.3. The van der Waals surface area contributed by atoms with E-state index in [1.165, 1.54) is 0 Å². The molecule has 0 atom stereocenters. The van der Waals surface area contributed by atoms with Crippen LogP contribution in [0.5, 0.6) is 5.75 Å². The molecule has 2 rings (SSSR count). The summed E-state index contributed by atoms with van der Waals surface area (Å²) in [5.41, 5.74) is 1.73. The van der Waals surface area contributed by atoms with Gasteiger partial charge in [-0.25, -0.2) is 4.79 Å². The van der Waals surface area contributed by atoms with E-state index in [0.29, 0.717) is 21.9 Å². The lowest BCUT2D eigenvalue weighted by molar-refractivity contribution is -0.128. The Morgan fingerprint density at radius 3 is 2.57 bits per heavy atom. The molecule has 0 amide bonds. The first-order chi connectivity index (χ1) is 6.52. The van der Waals surface area contributed by atoms with Crippen LogP contribution < -0.4 is 4.74 Å². The minimum atomic E-state index is -0.829. The SMILES string of the molecule is Cc1cc2c(c(C)c1Cl)OC(=O)C2=O. The summed E-state index contributed by atoms with van der Waals surface area (Å²) in [6.45, 7) is 3.51. The highest BCUT2D eigenvalue weighted by Gasteiger charge is 2.33. The number of benzene rings is 1. The lowest BCUT2D eigenvalue weighted by Gasteiger charge is -2.05. The van der Waals surface area contributed by atoms with E-state index in [1.54, 1.807) is 19.9 Å². The molecule has 0 spiro atoms. The van der Waals surface area contributed by atoms with Gasteiger partial charge in [-0.15, -0.1) is 0 Å². The minimum Gasteiger partial charge on any atom is -0.419 e. The van der Waals surface area contributed by atoms with Crippen LogP contribution in [0.25, 0.3) is 0 Å². The number of halogens is 1. The summed E-state index contributed by atoms with van der Waals surface area (Å²) in [6.07, 6.45) is 0. The van der Waals surface area contributed by atoms with Crippen LogP contribution in [-0.4, -0.2) is 11.8 Å². The van der Waals surface area contributed by atoms with Gasteiger partial charge in [-0.05, 0) is 25.5 Å². The maximum Gasteiger partial charge on any atom is 0.385 e. The summed E-state index contributed by atoms with van der Waals surface area (Å²) in [5.74, 6) is -1.12. The Labute approximate surface area is 85.6 Å². The van der Waals surface area contributed by atoms with Crippen LogP contribution in [0.15, 0.2) is 6.07 Å². The van der Waals surface area contributed by atoms with Crippen molar-refractivity contribution in [2.24, 2.45) is 0 Å². The van der Waals surface area contributed by atoms with Gasteiger partial charge >= 0.3 is 5.97 Å². The first kappa shape index (κ1) is 9.21. The van der Waals surface area contributed by atoms with Gasteiger partial charge in [0.05, 0.1) is 10.6 Å². The fourth-order valence-electron chi connectivity index (χ4n) is 1.49. The Kier molecular flexibility index (Phi) is 1.86. The minimum absolute atomic E-state index is 0.301. The summed E-state index contributed by atoms with van der Waals surface area (Å²) in [7, 11) is 0. The summed E-state index contributed by atoms with van der Waals surface area (Å²) in [4.78, 5) is 22.3. The molecule has 1 heterocycles. The lowest BCUT2D eigenvalue weighted by atomic mass is 10.0. The second-order valence-electron chi connectivity index (χ2n) is 3.23. The topological polar surface area (TPSA) is 43.4 Å². The molecule has 3 nitrogen and oxygen atoms in total. The highest BCUT2D eigenvalue weighted by atomic mass is 35.5. The average molecular weight is 211 g/mol. The summed E-state index contributed by atoms with van der Waals surface area (Å²) >= 11 is 5.95. The van der Waals surface area contributed by atoms with Crippen molar-refractivity contribution in [1.82, 2.24) is 0 Å². The highest BCUT2D eigenvalue weighted by Crippen LogP contribution is 2.36. The van der Waals surface area contributed by atoms with Gasteiger partial charge in [0.15, 0.2) is 0 Å². The van der Waals surface area contributed by atoms with Gasteiger partial charge in [-0.1, -0.05) is 11.6 Å². The smallest absolute Gasteiger partial charge is 0.385 e. The fourth-order valence-corrected chi connectivity index (χ4v) is 1.63. The zero-order valence-electron chi connectivity index (χ0n) is 7.68. The van der Waals surface area contributed by atoms with Gasteiger partial charge in [0.2, 0.25) is 0 Å². The molecule has 1 aromatic carbocycles. The van der Waals surface area contributed by atoms with E-state index in [0.717, 1.165) is 5.56 Å². The third-order valence-electron chi connectivity index (χ3n) is 2.25. The standard InChI is InChI=1S/C10H7ClO3/c1-4-3-6-8(12)10(13)14-9(6)5(2)7(4)11/h3H,1-2H3. The van der Waals surface area contributed by atoms with Crippen molar-refractivity contribution in [2.45, 2.75) is 13.8 Å². The molecular weight excluding hydrogens is 204 g/mol. The number of ketones is 1. The Morgan fingerprint density at radius 1 is 1.29 bits per heavy atom. The van der Waals surface area contributed by atoms with Gasteiger partial charge in [-0.3, -0.25) is 4.79 Å². The maximum atomic E-state index is 11.3. The quantitative estimate of drug-likeness (QED) is 0.374. The molecule has 0 aliphatic carbocycles. The molecule has 0 N–H and O–H groups in total. The van der Waals surface area contributed by atoms with E-state index in [-0.39, 0.29) is 0 Å². The Balaban J connectivity index is 2.76. The third kappa shape index (κ3) is 1.06. The van der Waals surface area contributed by atoms with Crippen molar-refractivity contribution in [2.75, 3.05) is 0 Å². The second kappa shape index (κ2) is 2.82. The van der Waals surface area contributed by atoms with Crippen LogP contribution in [0, 0.1) is 13.8 Å². The van der Waals surface area contributed by atoms with E-state index in [9.17, 15) is 9.59 Å². The number of hydrogen-bond donors (Lipinski definition) is 0. The van der Waals surface area contributed by atoms with Gasteiger partial charge in [-0.2, -0.15) is 0 Å². The molecule has 0 fully saturated rings. The Morgan fingerprint density at radius 2 is 1.93 bits per heavy atom. The molecule has 0 bridgehead atoms. The molecule has 0 unspecified atom stereocenters. The molecule has 72 valence electrons. The molecule has 0 saturated heterocycles. The van der Waals surface area contributed by atoms with Crippen LogP contribution in [0.2, 0.25) is 5.02 Å². The van der Waals surface area contributed by atoms with Gasteiger partial charge in [0.1, 0.15) is 5.75 Å². The number of esters is 1. The van der Waals surface area contributed by atoms with E-state index in [1.807, 2.05) is 0 Å². The van der Waals surface area contributed by atoms with Crippen molar-refractivity contribution in [1.29, 1.82) is 0 Å². The van der Waals surface area contributed by atoms with E-state index in [2.05, 4.69) is 0 Å². The molecule has 1 aliphatic rings. The van der Waals surface area contributed by atoms with Gasteiger partial charge in [0, 0.05) is 5.56 Å². The predicted octanol–water partition coefficient (Wildman–Crippen LogP) is 2.06. The number of carbonyl (C=O) groups excluding carboxylic acids is 2. The van der Waals surface area contributed by atoms with Crippen molar-refractivity contribution in [3.05, 3.63) is 27.8 Å². The average Bonchev–Trinajstić information content (AvgIpc) is 2.42. The monoisotopic (exact) mass is 210 g/mol. The number of carbonyl (C=O) groups is 2. The number of Topliss-reactive ketones (excluding diaryl/α,β-unsaturated/α-hetero) is 1. The van der Waals surface area contributed by atoms with Gasteiger partial charge < -0.3 is 4.74 Å². The number of fused-ring (bicyclic) bond motifs is 1. The van der Waals surface area contributed by atoms with Crippen LogP contribution in [0.3, 0.4) is 0 Å². The second-order valence-corrected chi connectivity index (χ2v) is 3.61. The van der Waals surface area contributed by atoms with Crippen LogP contribution >= 0.6 is 11.6 Å². The summed E-state index contributed by atoms with van der Waals surface area (Å²) < 4.78 is 4.81. The number of rotatable bonds is 0. The molecule has 1 aliphatic heterocycles. The zero-order chi connectivity index (χ0) is 10.5. The number of hydrogen-bond acceptors (Lipinski definition) is 3. The van der Waals surface area contributed by atoms with Gasteiger partial charge in [0.25, 0.3) is 5.78 Å². The molecule has 1 aromatic rings. The molecule has 4 heteroatoms. The highest BCUT2D eigenvalue weighted by molar-refractivity contribution is 6.45. The van der Waals surface area contributed by atoms with E-state index >= 15 is 0 Å². The van der Waals surface area contributed by atoms with Crippen molar-refractivity contribution >= 4 is 23.4 Å². The fraction of sp³-hybridized carbons (Fsp3) is 0.200. The van der Waals surface area contributed by atoms with Crippen LogP contribution in [0.1, 0.15) is 21.5 Å². The Bertz CT molecular complexity index is 463. The first-order valence-electron chi connectivity index (χ1n) is 4.08. The third-order valence-corrected chi connectivity index (χ3v) is 2.83. The predicted molar refractivity (Wildman–Crippen MR) is 50.9 cm³/mol. The zero-order valence-corrected chi connectivity index (χ0v) is 8.44. The van der Waals surface area contributed by atoms with Crippen LogP contribution in [0.4, 0.5) is 0 Å². The van der Waals surface area contributed by atoms with Crippen molar-refractivity contribution < 1.29 is 14.3 Å². The summed E-state index contributed by atoms with van der Waals surface area (Å²) in [6, 6.07) is 1.58. The largest absolute Gasteiger partial charge is 0.419 e. The number of ether oxygens (including phenoxy) is 1. The lowest BCUT2D eigenvalue weighted by Crippen LogP contribution is -2.10. The normalized spacial score (nSPS) is 14.2. The molecular formula is C10H7ClO3.